The van der Waals surface area contributed by atoms with Crippen molar-refractivity contribution >= 4 is 12.0 Å². The van der Waals surface area contributed by atoms with E-state index < -0.39 is 5.97 Å². The third kappa shape index (κ3) is 4.46. The van der Waals surface area contributed by atoms with Gasteiger partial charge in [-0.3, -0.25) is 4.79 Å². The molecule has 0 radical (unpaired) electrons. The molecule has 0 aromatic heterocycles. The summed E-state index contributed by atoms with van der Waals surface area (Å²) >= 11 is 0. The number of phenols is 2. The zero-order valence-corrected chi connectivity index (χ0v) is 13.4. The summed E-state index contributed by atoms with van der Waals surface area (Å²) < 4.78 is 5.07. The minimum Gasteiger partial charge on any atom is -0.504 e. The normalized spacial score (nSPS) is 11.0. The summed E-state index contributed by atoms with van der Waals surface area (Å²) in [5, 5.41) is 18.6. The monoisotopic (exact) mass is 326 g/mol. The molecule has 2 aromatic carbocycles. The highest BCUT2D eigenvalue weighted by Gasteiger charge is 2.06. The molecule has 0 atom stereocenters. The van der Waals surface area contributed by atoms with Gasteiger partial charge in [-0.15, -0.1) is 0 Å². The maximum atomic E-state index is 12.1. The molecule has 0 fully saturated rings. The van der Waals surface area contributed by atoms with Crippen molar-refractivity contribution in [2.75, 3.05) is 0 Å². The number of carbonyl (C=O) groups excluding carboxylic acids is 1. The summed E-state index contributed by atoms with van der Waals surface area (Å²) in [6, 6.07) is 10.5. The molecule has 2 N–H and O–H groups in total. The average molecular weight is 326 g/mol. The third-order valence-corrected chi connectivity index (χ3v) is 3.37. The third-order valence-electron chi connectivity index (χ3n) is 3.37. The van der Waals surface area contributed by atoms with Crippen LogP contribution in [0.5, 0.6) is 17.2 Å². The summed E-state index contributed by atoms with van der Waals surface area (Å²) in [7, 11) is 0. The Morgan fingerprint density at radius 3 is 2.50 bits per heavy atom. The minimum absolute atomic E-state index is 0.0508. The number of hydrogen-bond acceptors (Lipinski definition) is 5. The van der Waals surface area contributed by atoms with Gasteiger partial charge >= 0.3 is 5.97 Å². The first-order chi connectivity index (χ1) is 11.4. The molecule has 0 aliphatic rings. The van der Waals surface area contributed by atoms with Gasteiger partial charge in [0, 0.05) is 6.08 Å². The van der Waals surface area contributed by atoms with Gasteiger partial charge in [0.2, 0.25) is 5.43 Å². The largest absolute Gasteiger partial charge is 0.504 e. The van der Waals surface area contributed by atoms with Gasteiger partial charge in [0.1, 0.15) is 0 Å². The Kier molecular flexibility index (Phi) is 5.37. The second-order valence-electron chi connectivity index (χ2n) is 5.56. The van der Waals surface area contributed by atoms with E-state index >= 15 is 0 Å². The molecule has 24 heavy (non-hydrogen) atoms. The van der Waals surface area contributed by atoms with Gasteiger partial charge in [0.05, 0.1) is 0 Å². The molecule has 0 unspecified atom stereocenters. The summed E-state index contributed by atoms with van der Waals surface area (Å²) in [4.78, 5) is 23.9. The molecule has 0 aliphatic carbocycles. The lowest BCUT2D eigenvalue weighted by atomic mass is 10.1. The van der Waals surface area contributed by atoms with Crippen LogP contribution in [0.3, 0.4) is 0 Å². The maximum absolute atomic E-state index is 12.1. The second-order valence-corrected chi connectivity index (χ2v) is 5.56. The second kappa shape index (κ2) is 7.46. The zero-order valence-electron chi connectivity index (χ0n) is 13.4. The van der Waals surface area contributed by atoms with Crippen LogP contribution in [0, 0.1) is 0 Å². The molecule has 0 amide bonds. The number of carbonyl (C=O) groups is 1. The number of rotatable bonds is 4. The number of phenolic OH excluding ortho intramolecular Hbond substituents is 2. The van der Waals surface area contributed by atoms with Crippen LogP contribution in [-0.2, 0) is 4.79 Å². The summed E-state index contributed by atoms with van der Waals surface area (Å²) in [6.45, 7) is 3.94. The van der Waals surface area contributed by atoms with Crippen LogP contribution in [0.1, 0.15) is 30.9 Å². The lowest BCUT2D eigenvalue weighted by molar-refractivity contribution is -0.128. The van der Waals surface area contributed by atoms with Crippen LogP contribution in [0.2, 0.25) is 0 Å². The fourth-order valence-corrected chi connectivity index (χ4v) is 1.99. The molecular weight excluding hydrogens is 308 g/mol. The van der Waals surface area contributed by atoms with E-state index in [1.807, 2.05) is 13.8 Å². The Morgan fingerprint density at radius 1 is 1.08 bits per heavy atom. The molecule has 5 nitrogen and oxygen atoms in total. The molecule has 0 spiro atoms. The molecule has 0 bridgehead atoms. The van der Waals surface area contributed by atoms with Gasteiger partial charge in [-0.2, -0.15) is 0 Å². The van der Waals surface area contributed by atoms with E-state index in [1.54, 1.807) is 12.1 Å². The fraction of sp³-hybridized carbons (Fsp3) is 0.158. The maximum Gasteiger partial charge on any atom is 0.336 e. The summed E-state index contributed by atoms with van der Waals surface area (Å²) in [5.41, 5.74) is 0.996. The van der Waals surface area contributed by atoms with E-state index in [2.05, 4.69) is 0 Å². The average Bonchev–Trinajstić information content (AvgIpc) is 2.71. The van der Waals surface area contributed by atoms with Crippen LogP contribution >= 0.6 is 0 Å². The van der Waals surface area contributed by atoms with Crippen molar-refractivity contribution in [1.29, 1.82) is 0 Å². The number of hydrogen-bond donors (Lipinski definition) is 2. The predicted octanol–water partition coefficient (Wildman–Crippen LogP) is 3.20. The standard InChI is InChI=1S/C19H18O5/c1-12(2)14-4-3-5-18(17(22)11-14)24-19(23)9-7-13-6-8-15(20)16(21)10-13/h3-12,20-21H,1-2H3/b9-7+. The molecular formula is C19H18O5. The summed E-state index contributed by atoms with van der Waals surface area (Å²) in [6.07, 6.45) is 2.55. The van der Waals surface area contributed by atoms with Gasteiger partial charge in [-0.1, -0.05) is 32.0 Å². The van der Waals surface area contributed by atoms with Crippen molar-refractivity contribution in [1.82, 2.24) is 0 Å². The Labute approximate surface area is 139 Å². The number of aromatic hydroxyl groups is 2. The predicted molar refractivity (Wildman–Crippen MR) is 91.2 cm³/mol. The van der Waals surface area contributed by atoms with Gasteiger partial charge < -0.3 is 14.9 Å². The van der Waals surface area contributed by atoms with Crippen LogP contribution in [0.15, 0.2) is 53.3 Å². The van der Waals surface area contributed by atoms with Gasteiger partial charge in [0.25, 0.3) is 0 Å². The number of esters is 1. The summed E-state index contributed by atoms with van der Waals surface area (Å²) in [5.74, 6) is -1.11. The van der Waals surface area contributed by atoms with Crippen LogP contribution in [-0.4, -0.2) is 16.2 Å². The number of benzene rings is 1. The van der Waals surface area contributed by atoms with E-state index in [1.165, 1.54) is 36.4 Å². The Morgan fingerprint density at radius 2 is 1.83 bits per heavy atom. The Bertz CT molecular complexity index is 837. The smallest absolute Gasteiger partial charge is 0.336 e. The Hall–Kier alpha value is -3.08. The van der Waals surface area contributed by atoms with E-state index in [-0.39, 0.29) is 28.6 Å². The van der Waals surface area contributed by atoms with Crippen LogP contribution in [0.25, 0.3) is 6.08 Å². The molecule has 2 aromatic rings. The van der Waals surface area contributed by atoms with Gasteiger partial charge in [-0.05, 0) is 47.4 Å². The highest BCUT2D eigenvalue weighted by Crippen LogP contribution is 2.25. The number of ether oxygens (including phenoxy) is 1. The molecule has 0 heterocycles. The molecule has 124 valence electrons. The van der Waals surface area contributed by atoms with E-state index in [9.17, 15) is 19.8 Å². The van der Waals surface area contributed by atoms with Crippen molar-refractivity contribution in [2.24, 2.45) is 0 Å². The molecule has 0 aliphatic heterocycles. The van der Waals surface area contributed by atoms with Gasteiger partial charge in [-0.25, -0.2) is 4.79 Å². The van der Waals surface area contributed by atoms with E-state index in [0.29, 0.717) is 5.56 Å². The first kappa shape index (κ1) is 17.3. The highest BCUT2D eigenvalue weighted by atomic mass is 16.5. The van der Waals surface area contributed by atoms with Crippen molar-refractivity contribution < 1.29 is 19.7 Å². The first-order valence-electron chi connectivity index (χ1n) is 7.43. The van der Waals surface area contributed by atoms with Crippen molar-refractivity contribution in [2.45, 2.75) is 19.8 Å². The molecule has 0 saturated heterocycles. The van der Waals surface area contributed by atoms with Crippen LogP contribution < -0.4 is 10.2 Å². The highest BCUT2D eigenvalue weighted by molar-refractivity contribution is 5.88. The van der Waals surface area contributed by atoms with E-state index in [4.69, 9.17) is 4.74 Å². The fourth-order valence-electron chi connectivity index (χ4n) is 1.99. The first-order valence-corrected chi connectivity index (χ1v) is 7.43. The zero-order chi connectivity index (χ0) is 17.7. The molecule has 5 heteroatoms. The topological polar surface area (TPSA) is 83.8 Å². The lowest BCUT2D eigenvalue weighted by Crippen LogP contribution is -2.10. The van der Waals surface area contributed by atoms with Crippen molar-refractivity contribution in [3.63, 3.8) is 0 Å². The Balaban J connectivity index is 2.15. The minimum atomic E-state index is -0.711. The lowest BCUT2D eigenvalue weighted by Gasteiger charge is -2.00. The van der Waals surface area contributed by atoms with E-state index in [0.717, 1.165) is 11.6 Å². The van der Waals surface area contributed by atoms with Crippen molar-refractivity contribution in [3.05, 3.63) is 69.9 Å². The van der Waals surface area contributed by atoms with Crippen LogP contribution in [0.4, 0.5) is 0 Å². The quantitative estimate of drug-likeness (QED) is 0.512. The SMILES string of the molecule is CC(C)c1cccc(OC(=O)/C=C/c2ccc(O)c(O)c2)c(=O)c1. The molecule has 0 saturated carbocycles. The molecule has 2 rings (SSSR count). The van der Waals surface area contributed by atoms with Crippen molar-refractivity contribution in [3.8, 4) is 17.2 Å². The van der Waals surface area contributed by atoms with Gasteiger partial charge in [0.15, 0.2) is 17.2 Å².